The molecule has 0 heterocycles. The van der Waals surface area contributed by atoms with Crippen LogP contribution >= 0.6 is 0 Å². The maximum Gasteiger partial charge on any atom is 0.0252 e. The van der Waals surface area contributed by atoms with Gasteiger partial charge < -0.3 is 0 Å². The molecule has 0 atom stereocenters. The molecule has 0 saturated carbocycles. The second kappa shape index (κ2) is 6.14. The van der Waals surface area contributed by atoms with Crippen LogP contribution in [0.5, 0.6) is 0 Å². The Bertz CT molecular complexity index is 1060. The molecule has 1 aliphatic carbocycles. The summed E-state index contributed by atoms with van der Waals surface area (Å²) in [6, 6.07) is 24.0. The van der Waals surface area contributed by atoms with Crippen molar-refractivity contribution < 1.29 is 0 Å². The molecule has 0 radical (unpaired) electrons. The van der Waals surface area contributed by atoms with Crippen LogP contribution in [0, 0.1) is 11.8 Å². The summed E-state index contributed by atoms with van der Waals surface area (Å²) in [5.74, 6) is 6.69. The summed E-state index contributed by atoms with van der Waals surface area (Å²) in [5, 5.41) is 0. The second-order valence-electron chi connectivity index (χ2n) is 9.01. The quantitative estimate of drug-likeness (QED) is 0.396. The lowest BCUT2D eigenvalue weighted by Gasteiger charge is -2.21. The van der Waals surface area contributed by atoms with Crippen molar-refractivity contribution in [2.75, 3.05) is 0 Å². The molecule has 0 bridgehead atoms. The first kappa shape index (κ1) is 17.6. The Morgan fingerprint density at radius 1 is 0.667 bits per heavy atom. The molecule has 0 saturated heterocycles. The summed E-state index contributed by atoms with van der Waals surface area (Å²) >= 11 is 0. The molecule has 4 rings (SSSR count). The highest BCUT2D eigenvalue weighted by molar-refractivity contribution is 5.81. The maximum atomic E-state index is 3.36. The number of fused-ring (bicyclic) bond motifs is 3. The Hall–Kier alpha value is -2.78. The number of hydrogen-bond acceptors (Lipinski definition) is 0. The van der Waals surface area contributed by atoms with Crippen LogP contribution in [0.1, 0.15) is 62.4 Å². The molecule has 0 spiro atoms. The van der Waals surface area contributed by atoms with Gasteiger partial charge in [0.05, 0.1) is 0 Å². The summed E-state index contributed by atoms with van der Waals surface area (Å²) in [6.45, 7) is 11.3. The fourth-order valence-electron chi connectivity index (χ4n) is 3.98. The molecule has 0 heteroatoms. The van der Waals surface area contributed by atoms with Gasteiger partial charge in [-0.15, -0.1) is 0 Å². The van der Waals surface area contributed by atoms with Gasteiger partial charge >= 0.3 is 0 Å². The lowest BCUT2D eigenvalue weighted by molar-refractivity contribution is 0.590. The molecule has 0 unspecified atom stereocenters. The minimum absolute atomic E-state index is 0.0258. The molecule has 1 aliphatic rings. The van der Waals surface area contributed by atoms with E-state index in [2.05, 4.69) is 113 Å². The van der Waals surface area contributed by atoms with E-state index < -0.39 is 0 Å². The van der Waals surface area contributed by atoms with Crippen molar-refractivity contribution in [2.24, 2.45) is 0 Å². The second-order valence-corrected chi connectivity index (χ2v) is 9.01. The molecular formula is C27H26. The summed E-state index contributed by atoms with van der Waals surface area (Å²) in [6.07, 6.45) is 0. The van der Waals surface area contributed by atoms with Gasteiger partial charge in [0.15, 0.2) is 0 Å². The zero-order chi connectivity index (χ0) is 19.2. The largest absolute Gasteiger partial charge is 0.0619 e. The summed E-state index contributed by atoms with van der Waals surface area (Å²) in [5.41, 5.74) is 9.16. The highest BCUT2D eigenvalue weighted by Gasteiger charge is 2.34. The Morgan fingerprint density at radius 3 is 1.96 bits per heavy atom. The van der Waals surface area contributed by atoms with Crippen molar-refractivity contribution >= 4 is 0 Å². The van der Waals surface area contributed by atoms with Crippen LogP contribution in [0.15, 0.2) is 66.7 Å². The van der Waals surface area contributed by atoms with E-state index in [0.717, 1.165) is 11.1 Å². The van der Waals surface area contributed by atoms with Gasteiger partial charge in [0.25, 0.3) is 0 Å². The van der Waals surface area contributed by atoms with Gasteiger partial charge in [-0.1, -0.05) is 88.9 Å². The van der Waals surface area contributed by atoms with Crippen LogP contribution in [0.25, 0.3) is 11.1 Å². The van der Waals surface area contributed by atoms with Crippen LogP contribution in [0.4, 0.5) is 0 Å². The number of rotatable bonds is 0. The van der Waals surface area contributed by atoms with Gasteiger partial charge in [-0.2, -0.15) is 0 Å². The lowest BCUT2D eigenvalue weighted by atomic mass is 9.82. The van der Waals surface area contributed by atoms with Gasteiger partial charge in [0.1, 0.15) is 0 Å². The smallest absolute Gasteiger partial charge is 0.0252 e. The van der Waals surface area contributed by atoms with Crippen molar-refractivity contribution in [2.45, 2.75) is 45.4 Å². The molecule has 0 N–H and O–H groups in total. The Labute approximate surface area is 163 Å². The fraction of sp³-hybridized carbons (Fsp3) is 0.259. The SMILES string of the molecule is CC(C)(C)c1ccc(C#Cc2ccc3c(c2)C(C)(C)c2ccccc2-3)cc1. The summed E-state index contributed by atoms with van der Waals surface area (Å²) in [4.78, 5) is 0. The molecular weight excluding hydrogens is 324 g/mol. The minimum Gasteiger partial charge on any atom is -0.0619 e. The van der Waals surface area contributed by atoms with Gasteiger partial charge in [0.2, 0.25) is 0 Å². The Kier molecular flexibility index (Phi) is 4.01. The zero-order valence-electron chi connectivity index (χ0n) is 16.9. The molecule has 0 aliphatic heterocycles. The molecule has 0 aromatic heterocycles. The third-order valence-corrected chi connectivity index (χ3v) is 5.69. The summed E-state index contributed by atoms with van der Waals surface area (Å²) < 4.78 is 0. The van der Waals surface area contributed by atoms with Crippen molar-refractivity contribution in [3.8, 4) is 23.0 Å². The maximum absolute atomic E-state index is 3.36. The number of hydrogen-bond donors (Lipinski definition) is 0. The first-order valence-corrected chi connectivity index (χ1v) is 9.64. The first-order valence-electron chi connectivity index (χ1n) is 9.64. The van der Waals surface area contributed by atoms with Crippen LogP contribution < -0.4 is 0 Å². The van der Waals surface area contributed by atoms with E-state index in [1.54, 1.807) is 0 Å². The van der Waals surface area contributed by atoms with Gasteiger partial charge in [-0.05, 0) is 57.5 Å². The van der Waals surface area contributed by atoms with E-state index in [9.17, 15) is 0 Å². The van der Waals surface area contributed by atoms with Gasteiger partial charge in [0, 0.05) is 16.5 Å². The zero-order valence-corrected chi connectivity index (χ0v) is 16.9. The third-order valence-electron chi connectivity index (χ3n) is 5.69. The van der Waals surface area contributed by atoms with E-state index >= 15 is 0 Å². The Morgan fingerprint density at radius 2 is 1.26 bits per heavy atom. The van der Waals surface area contributed by atoms with E-state index in [1.165, 1.54) is 27.8 Å². The standard InChI is InChI=1S/C27H26/c1-26(2,3)21-15-12-19(13-16-21)10-11-20-14-17-23-22-8-6-7-9-24(22)27(4,5)25(23)18-20/h6-9,12-18H,1-5H3. The van der Waals surface area contributed by atoms with Crippen molar-refractivity contribution in [3.05, 3.63) is 94.5 Å². The van der Waals surface area contributed by atoms with E-state index in [0.29, 0.717) is 0 Å². The van der Waals surface area contributed by atoms with Crippen molar-refractivity contribution in [3.63, 3.8) is 0 Å². The lowest BCUT2D eigenvalue weighted by Crippen LogP contribution is -2.14. The monoisotopic (exact) mass is 350 g/mol. The number of benzene rings is 3. The molecule has 0 fully saturated rings. The van der Waals surface area contributed by atoms with Gasteiger partial charge in [-0.3, -0.25) is 0 Å². The van der Waals surface area contributed by atoms with Crippen molar-refractivity contribution in [1.29, 1.82) is 0 Å². The highest BCUT2D eigenvalue weighted by Crippen LogP contribution is 2.48. The topological polar surface area (TPSA) is 0 Å². The normalized spacial score (nSPS) is 14.1. The van der Waals surface area contributed by atoms with E-state index in [4.69, 9.17) is 0 Å². The minimum atomic E-state index is 0.0258. The Balaban J connectivity index is 1.67. The average molecular weight is 351 g/mol. The van der Waals surface area contributed by atoms with E-state index in [-0.39, 0.29) is 10.8 Å². The molecule has 3 aromatic carbocycles. The average Bonchev–Trinajstić information content (AvgIpc) is 2.87. The predicted octanol–water partition coefficient (Wildman–Crippen LogP) is 6.69. The molecule has 0 amide bonds. The molecule has 134 valence electrons. The molecule has 3 aromatic rings. The van der Waals surface area contributed by atoms with E-state index in [1.807, 2.05) is 0 Å². The van der Waals surface area contributed by atoms with Crippen LogP contribution in [0.3, 0.4) is 0 Å². The molecule has 0 nitrogen and oxygen atoms in total. The fourth-order valence-corrected chi connectivity index (χ4v) is 3.98. The first-order chi connectivity index (χ1) is 12.8. The summed E-state index contributed by atoms with van der Waals surface area (Å²) in [7, 11) is 0. The van der Waals surface area contributed by atoms with Crippen LogP contribution in [0.2, 0.25) is 0 Å². The van der Waals surface area contributed by atoms with Crippen LogP contribution in [-0.4, -0.2) is 0 Å². The van der Waals surface area contributed by atoms with Crippen LogP contribution in [-0.2, 0) is 10.8 Å². The third kappa shape index (κ3) is 3.08. The molecule has 27 heavy (non-hydrogen) atoms. The van der Waals surface area contributed by atoms with Gasteiger partial charge in [-0.25, -0.2) is 0 Å². The highest BCUT2D eigenvalue weighted by atomic mass is 14.4. The predicted molar refractivity (Wildman–Crippen MR) is 115 cm³/mol. The van der Waals surface area contributed by atoms with Crippen molar-refractivity contribution in [1.82, 2.24) is 0 Å².